The van der Waals surface area contributed by atoms with Gasteiger partial charge in [-0.25, -0.2) is 0 Å². The Balaban J connectivity index is 0.000000252. The standard InChI is InChI=1S/C27H25N3O.C10H9N.C4H8.C2H6/c1-18(31)14-20-10-13-25-23(16-20)24(15-19-8-11-22(28)12-9-19)27-17-26(29(2)30(25)27)21-6-4-3-5-7-21;11-10-7-3-5-8-4-1-2-6-9(8)10;1-3-4-2;1-2/h3-13,15-17,26H,14,28H2,1-2H3;1-7H,11H2;3-4H,1-2H3;1-2H3/b24-15-;;4-3-;. The smallest absolute Gasteiger partial charge is 0.134 e. The maximum atomic E-state index is 11.7. The Morgan fingerprint density at radius 2 is 1.42 bits per heavy atom. The van der Waals surface area contributed by atoms with Gasteiger partial charge in [-0.2, -0.15) is 0 Å². The number of aromatic nitrogens is 1. The topological polar surface area (TPSA) is 77.3 Å². The zero-order valence-corrected chi connectivity index (χ0v) is 29.0. The molecule has 0 saturated heterocycles. The number of anilines is 2. The maximum absolute atomic E-state index is 11.7. The molecule has 0 bridgehead atoms. The molecule has 0 saturated carbocycles. The van der Waals surface area contributed by atoms with Gasteiger partial charge in [-0.05, 0) is 85.3 Å². The fraction of sp³-hybridized carbons (Fsp3) is 0.186. The van der Waals surface area contributed by atoms with Crippen LogP contribution in [0.4, 0.5) is 11.4 Å². The van der Waals surface area contributed by atoms with Crippen molar-refractivity contribution in [3.05, 3.63) is 155 Å². The number of nitrogens with two attached hydrogens (primary N) is 2. The number of ketones is 1. The van der Waals surface area contributed by atoms with Gasteiger partial charge in [0.1, 0.15) is 5.78 Å². The molecule has 246 valence electrons. The van der Waals surface area contributed by atoms with Crippen molar-refractivity contribution >= 4 is 51.0 Å². The quantitative estimate of drug-likeness (QED) is 0.151. The average Bonchev–Trinajstić information content (AvgIpc) is 3.61. The third kappa shape index (κ3) is 8.23. The minimum absolute atomic E-state index is 0.163. The van der Waals surface area contributed by atoms with Crippen LogP contribution in [0.1, 0.15) is 57.4 Å². The summed E-state index contributed by atoms with van der Waals surface area (Å²) in [5.41, 5.74) is 17.8. The summed E-state index contributed by atoms with van der Waals surface area (Å²) >= 11 is 0. The molecule has 0 amide bonds. The summed E-state index contributed by atoms with van der Waals surface area (Å²) in [5.74, 6) is 0.169. The number of hydrogen-bond donors (Lipinski definition) is 2. The van der Waals surface area contributed by atoms with Gasteiger partial charge in [-0.1, -0.05) is 111 Å². The Bertz CT molecular complexity index is 2100. The summed E-state index contributed by atoms with van der Waals surface area (Å²) in [5, 5.41) is 8.10. The molecule has 0 fully saturated rings. The van der Waals surface area contributed by atoms with Gasteiger partial charge < -0.3 is 16.5 Å². The van der Waals surface area contributed by atoms with Crippen LogP contribution < -0.4 is 27.0 Å². The minimum Gasteiger partial charge on any atom is -0.399 e. The number of Topliss-reactive ketones (excluding diaryl/α,β-unsaturated/α-hetero) is 1. The molecular weight excluding hydrogens is 589 g/mol. The van der Waals surface area contributed by atoms with Gasteiger partial charge in [0.05, 0.1) is 16.9 Å². The van der Waals surface area contributed by atoms with E-state index in [1.165, 1.54) is 16.3 Å². The zero-order chi connectivity index (χ0) is 34.6. The highest BCUT2D eigenvalue weighted by molar-refractivity contribution is 5.92. The van der Waals surface area contributed by atoms with Gasteiger partial charge in [-0.3, -0.25) is 9.47 Å². The second-order valence-electron chi connectivity index (χ2n) is 11.5. The molecule has 48 heavy (non-hydrogen) atoms. The van der Waals surface area contributed by atoms with Crippen molar-refractivity contribution in [3.63, 3.8) is 0 Å². The van der Waals surface area contributed by atoms with Crippen LogP contribution in [0.2, 0.25) is 0 Å². The molecule has 5 aromatic carbocycles. The largest absolute Gasteiger partial charge is 0.399 e. The average molecular weight is 637 g/mol. The number of rotatable bonds is 4. The van der Waals surface area contributed by atoms with Crippen molar-refractivity contribution in [1.82, 2.24) is 4.68 Å². The van der Waals surface area contributed by atoms with E-state index in [-0.39, 0.29) is 11.8 Å². The van der Waals surface area contributed by atoms with Gasteiger partial charge >= 0.3 is 0 Å². The van der Waals surface area contributed by atoms with E-state index in [1.807, 2.05) is 101 Å². The number of hydrogen-bond acceptors (Lipinski definition) is 4. The minimum atomic E-state index is 0.163. The predicted molar refractivity (Wildman–Crippen MR) is 208 cm³/mol. The number of carbonyl (C=O) groups is 1. The first-order chi connectivity index (χ1) is 23.3. The van der Waals surface area contributed by atoms with Crippen LogP contribution in [-0.4, -0.2) is 17.5 Å². The van der Waals surface area contributed by atoms with Crippen molar-refractivity contribution < 1.29 is 4.79 Å². The van der Waals surface area contributed by atoms with E-state index in [2.05, 4.69) is 83.5 Å². The van der Waals surface area contributed by atoms with Crippen LogP contribution in [0, 0.1) is 0 Å². The molecule has 6 aromatic rings. The van der Waals surface area contributed by atoms with Gasteiger partial charge in [0.15, 0.2) is 0 Å². The summed E-state index contributed by atoms with van der Waals surface area (Å²) in [6, 6.07) is 39.0. The fourth-order valence-corrected chi connectivity index (χ4v) is 5.77. The van der Waals surface area contributed by atoms with Crippen molar-refractivity contribution in [2.45, 2.75) is 47.1 Å². The van der Waals surface area contributed by atoms with Crippen LogP contribution in [0.5, 0.6) is 0 Å². The van der Waals surface area contributed by atoms with Crippen LogP contribution in [0.3, 0.4) is 0 Å². The Morgan fingerprint density at radius 1 is 0.771 bits per heavy atom. The van der Waals surface area contributed by atoms with E-state index in [1.54, 1.807) is 6.92 Å². The van der Waals surface area contributed by atoms with E-state index in [4.69, 9.17) is 11.5 Å². The first-order valence-corrected chi connectivity index (χ1v) is 16.6. The van der Waals surface area contributed by atoms with Crippen LogP contribution in [-0.2, 0) is 11.2 Å². The Hall–Kier alpha value is -5.55. The van der Waals surface area contributed by atoms with Crippen molar-refractivity contribution in [2.24, 2.45) is 0 Å². The van der Waals surface area contributed by atoms with E-state index < -0.39 is 0 Å². The molecule has 0 spiro atoms. The fourth-order valence-electron chi connectivity index (χ4n) is 5.77. The first kappa shape index (κ1) is 35.3. The molecule has 2 heterocycles. The maximum Gasteiger partial charge on any atom is 0.134 e. The molecule has 1 atom stereocenters. The highest BCUT2D eigenvalue weighted by Crippen LogP contribution is 2.26. The highest BCUT2D eigenvalue weighted by Gasteiger charge is 2.25. The molecule has 0 aliphatic carbocycles. The number of nitrogens with zero attached hydrogens (tertiary/aromatic N) is 2. The number of fused-ring (bicyclic) bond motifs is 4. The van der Waals surface area contributed by atoms with Crippen molar-refractivity contribution in [2.75, 3.05) is 23.5 Å². The number of carbonyl (C=O) groups excluding carboxylic acids is 1. The van der Waals surface area contributed by atoms with Crippen molar-refractivity contribution in [1.29, 1.82) is 0 Å². The van der Waals surface area contributed by atoms with Gasteiger partial charge in [0.2, 0.25) is 0 Å². The normalized spacial score (nSPS) is 13.5. The summed E-state index contributed by atoms with van der Waals surface area (Å²) in [6.45, 7) is 9.64. The SMILES string of the molecule is C/C=C\C.CC.CC(=O)Cc1ccc2c(c1)/c(=C/c1ccc(N)cc1)c1n2N(C)C(c2ccccc2)C=1.Nc1cccc2ccccc12. The van der Waals surface area contributed by atoms with E-state index in [0.29, 0.717) is 6.42 Å². The van der Waals surface area contributed by atoms with E-state index >= 15 is 0 Å². The van der Waals surface area contributed by atoms with Gasteiger partial charge in [0, 0.05) is 40.8 Å². The summed E-state index contributed by atoms with van der Waals surface area (Å²) in [7, 11) is 2.13. The van der Waals surface area contributed by atoms with Crippen molar-refractivity contribution in [3.8, 4) is 0 Å². The Labute approximate surface area is 285 Å². The molecule has 5 heteroatoms. The molecule has 1 aliphatic rings. The second-order valence-corrected chi connectivity index (χ2v) is 11.5. The lowest BCUT2D eigenvalue weighted by Crippen LogP contribution is -2.35. The van der Waals surface area contributed by atoms with Crippen LogP contribution in [0.15, 0.2) is 127 Å². The second kappa shape index (κ2) is 16.8. The monoisotopic (exact) mass is 636 g/mol. The van der Waals surface area contributed by atoms with Gasteiger partial charge in [0.25, 0.3) is 0 Å². The summed E-state index contributed by atoms with van der Waals surface area (Å²) < 4.78 is 2.29. The highest BCUT2D eigenvalue weighted by atomic mass is 16.1. The lowest BCUT2D eigenvalue weighted by Gasteiger charge is -2.25. The van der Waals surface area contributed by atoms with Crippen LogP contribution >= 0.6 is 0 Å². The zero-order valence-electron chi connectivity index (χ0n) is 29.0. The first-order valence-electron chi connectivity index (χ1n) is 16.6. The molecular formula is C43H48N4O. The lowest BCUT2D eigenvalue weighted by atomic mass is 10.0. The number of allylic oxidation sites excluding steroid dienone is 2. The van der Waals surface area contributed by atoms with E-state index in [0.717, 1.165) is 44.0 Å². The predicted octanol–water partition coefficient (Wildman–Crippen LogP) is 8.32. The molecule has 1 aromatic heterocycles. The molecule has 4 N–H and O–H groups in total. The Morgan fingerprint density at radius 3 is 2.06 bits per heavy atom. The number of benzene rings is 5. The van der Waals surface area contributed by atoms with Crippen LogP contribution in [0.25, 0.3) is 33.8 Å². The summed E-state index contributed by atoms with van der Waals surface area (Å²) in [4.78, 5) is 11.7. The molecule has 1 aliphatic heterocycles. The van der Waals surface area contributed by atoms with Gasteiger partial charge in [-0.15, -0.1) is 0 Å². The third-order valence-corrected chi connectivity index (χ3v) is 8.12. The lowest BCUT2D eigenvalue weighted by molar-refractivity contribution is -0.116. The summed E-state index contributed by atoms with van der Waals surface area (Å²) in [6.07, 6.45) is 8.98. The molecule has 0 radical (unpaired) electrons. The molecule has 1 unspecified atom stereocenters. The molecule has 7 rings (SSSR count). The van der Waals surface area contributed by atoms with E-state index in [9.17, 15) is 4.79 Å². The number of nitrogen functional groups attached to an aromatic ring is 2. The molecule has 5 nitrogen and oxygen atoms in total. The third-order valence-electron chi connectivity index (χ3n) is 8.12. The Kier molecular flexibility index (Phi) is 12.4.